The standard InChI is InChI=1S/C10H19N3O2S/c1-7-9(8(2)12-11-7)13-16(14,15)6-10(3,4)5/h13H,6H2,1-5H3,(H,11,12). The van der Waals surface area contributed by atoms with Gasteiger partial charge >= 0.3 is 0 Å². The van der Waals surface area contributed by atoms with Crippen molar-refractivity contribution in [1.82, 2.24) is 10.2 Å². The molecule has 1 aromatic rings. The molecule has 1 heterocycles. The van der Waals surface area contributed by atoms with Gasteiger partial charge in [0.1, 0.15) is 0 Å². The number of hydrogen-bond donors (Lipinski definition) is 2. The number of nitrogens with zero attached hydrogens (tertiary/aromatic N) is 1. The average Bonchev–Trinajstić information content (AvgIpc) is 2.30. The molecule has 16 heavy (non-hydrogen) atoms. The highest BCUT2D eigenvalue weighted by Crippen LogP contribution is 2.21. The summed E-state index contributed by atoms with van der Waals surface area (Å²) in [6.07, 6.45) is 0. The molecule has 0 aliphatic rings. The van der Waals surface area contributed by atoms with E-state index in [0.717, 1.165) is 5.69 Å². The minimum atomic E-state index is -3.32. The zero-order chi connectivity index (χ0) is 12.6. The molecule has 92 valence electrons. The Morgan fingerprint density at radius 1 is 1.31 bits per heavy atom. The van der Waals surface area contributed by atoms with Gasteiger partial charge < -0.3 is 0 Å². The number of rotatable bonds is 3. The van der Waals surface area contributed by atoms with Gasteiger partial charge in [-0.1, -0.05) is 20.8 Å². The van der Waals surface area contributed by atoms with Crippen molar-refractivity contribution in [2.75, 3.05) is 10.5 Å². The van der Waals surface area contributed by atoms with Crippen LogP contribution in [0.1, 0.15) is 32.2 Å². The van der Waals surface area contributed by atoms with E-state index in [4.69, 9.17) is 0 Å². The van der Waals surface area contributed by atoms with E-state index >= 15 is 0 Å². The van der Waals surface area contributed by atoms with Gasteiger partial charge in [0.05, 0.1) is 22.8 Å². The quantitative estimate of drug-likeness (QED) is 0.853. The van der Waals surface area contributed by atoms with E-state index in [2.05, 4.69) is 14.9 Å². The summed E-state index contributed by atoms with van der Waals surface area (Å²) >= 11 is 0. The summed E-state index contributed by atoms with van der Waals surface area (Å²) in [6, 6.07) is 0. The molecule has 0 aliphatic heterocycles. The number of hydrogen-bond acceptors (Lipinski definition) is 3. The number of anilines is 1. The number of H-pyrrole nitrogens is 1. The van der Waals surface area contributed by atoms with Gasteiger partial charge in [-0.2, -0.15) is 5.10 Å². The lowest BCUT2D eigenvalue weighted by molar-refractivity contribution is 0.463. The molecule has 6 heteroatoms. The van der Waals surface area contributed by atoms with E-state index in [9.17, 15) is 8.42 Å². The Balaban J connectivity index is 2.90. The lowest BCUT2D eigenvalue weighted by Crippen LogP contribution is -2.26. The number of aromatic amines is 1. The van der Waals surface area contributed by atoms with Gasteiger partial charge in [-0.05, 0) is 19.3 Å². The zero-order valence-electron chi connectivity index (χ0n) is 10.4. The van der Waals surface area contributed by atoms with Crippen molar-refractivity contribution in [3.8, 4) is 0 Å². The predicted octanol–water partition coefficient (Wildman–Crippen LogP) is 1.81. The predicted molar refractivity (Wildman–Crippen MR) is 64.9 cm³/mol. The Labute approximate surface area is 96.7 Å². The molecular formula is C10H19N3O2S. The Kier molecular flexibility index (Phi) is 3.33. The van der Waals surface area contributed by atoms with Crippen molar-refractivity contribution in [1.29, 1.82) is 0 Å². The lowest BCUT2D eigenvalue weighted by atomic mass is 10.0. The minimum absolute atomic E-state index is 0.0874. The Morgan fingerprint density at radius 3 is 2.25 bits per heavy atom. The van der Waals surface area contributed by atoms with Crippen LogP contribution in [-0.4, -0.2) is 24.4 Å². The third kappa shape index (κ3) is 3.52. The van der Waals surface area contributed by atoms with Gasteiger partial charge in [-0.15, -0.1) is 0 Å². The maximum atomic E-state index is 11.9. The maximum absolute atomic E-state index is 11.9. The third-order valence-corrected chi connectivity index (χ3v) is 3.77. The van der Waals surface area contributed by atoms with Crippen molar-refractivity contribution in [3.63, 3.8) is 0 Å². The van der Waals surface area contributed by atoms with Gasteiger partial charge in [0, 0.05) is 0 Å². The van der Waals surface area contributed by atoms with Crippen molar-refractivity contribution in [2.45, 2.75) is 34.6 Å². The largest absolute Gasteiger partial charge is 0.280 e. The molecule has 0 saturated heterocycles. The first-order chi connectivity index (χ1) is 7.11. The van der Waals surface area contributed by atoms with Crippen LogP contribution < -0.4 is 4.72 Å². The van der Waals surface area contributed by atoms with Gasteiger partial charge in [0.25, 0.3) is 0 Å². The highest BCUT2D eigenvalue weighted by molar-refractivity contribution is 7.92. The van der Waals surface area contributed by atoms with E-state index in [0.29, 0.717) is 11.4 Å². The molecule has 1 aromatic heterocycles. The Bertz CT molecular complexity index is 449. The number of aryl methyl sites for hydroxylation is 2. The molecule has 1 rings (SSSR count). The zero-order valence-corrected chi connectivity index (χ0v) is 11.2. The van der Waals surface area contributed by atoms with E-state index in [1.54, 1.807) is 13.8 Å². The van der Waals surface area contributed by atoms with Gasteiger partial charge in [-0.25, -0.2) is 8.42 Å². The molecular weight excluding hydrogens is 226 g/mol. The van der Waals surface area contributed by atoms with Crippen LogP contribution in [0.2, 0.25) is 0 Å². The minimum Gasteiger partial charge on any atom is -0.280 e. The molecule has 5 nitrogen and oxygen atoms in total. The van der Waals surface area contributed by atoms with E-state index < -0.39 is 10.0 Å². The van der Waals surface area contributed by atoms with Crippen molar-refractivity contribution >= 4 is 15.7 Å². The second kappa shape index (κ2) is 4.08. The summed E-state index contributed by atoms with van der Waals surface area (Å²) in [7, 11) is -3.32. The first-order valence-electron chi connectivity index (χ1n) is 5.13. The fourth-order valence-electron chi connectivity index (χ4n) is 1.46. The van der Waals surface area contributed by atoms with Crippen molar-refractivity contribution in [3.05, 3.63) is 11.4 Å². The summed E-state index contributed by atoms with van der Waals surface area (Å²) in [4.78, 5) is 0. The molecule has 0 aromatic carbocycles. The van der Waals surface area contributed by atoms with Crippen LogP contribution in [0, 0.1) is 19.3 Å². The van der Waals surface area contributed by atoms with Gasteiger partial charge in [0.2, 0.25) is 10.0 Å². The van der Waals surface area contributed by atoms with E-state index in [1.165, 1.54) is 0 Å². The van der Waals surface area contributed by atoms with E-state index in [1.807, 2.05) is 20.8 Å². The summed E-state index contributed by atoms with van der Waals surface area (Å²) in [5, 5.41) is 6.69. The second-order valence-corrected chi connectivity index (χ2v) is 6.95. The smallest absolute Gasteiger partial charge is 0.233 e. The number of aromatic nitrogens is 2. The Morgan fingerprint density at radius 2 is 1.88 bits per heavy atom. The molecule has 0 atom stereocenters. The first kappa shape index (κ1) is 13.0. The normalized spacial score (nSPS) is 12.8. The van der Waals surface area contributed by atoms with Gasteiger partial charge in [-0.3, -0.25) is 9.82 Å². The molecule has 2 N–H and O–H groups in total. The molecule has 0 saturated carbocycles. The molecule has 0 amide bonds. The van der Waals surface area contributed by atoms with E-state index in [-0.39, 0.29) is 11.2 Å². The Hall–Kier alpha value is -1.04. The topological polar surface area (TPSA) is 74.8 Å². The monoisotopic (exact) mass is 245 g/mol. The highest BCUT2D eigenvalue weighted by atomic mass is 32.2. The van der Waals surface area contributed by atoms with Crippen LogP contribution >= 0.6 is 0 Å². The average molecular weight is 245 g/mol. The summed E-state index contributed by atoms with van der Waals surface area (Å²) < 4.78 is 26.3. The van der Waals surface area contributed by atoms with Crippen molar-refractivity contribution < 1.29 is 8.42 Å². The fraction of sp³-hybridized carbons (Fsp3) is 0.700. The summed E-state index contributed by atoms with van der Waals surface area (Å²) in [5.41, 5.74) is 1.69. The fourth-order valence-corrected chi connectivity index (χ4v) is 3.29. The SMILES string of the molecule is Cc1n[nH]c(C)c1NS(=O)(=O)CC(C)(C)C. The number of sulfonamides is 1. The molecule has 0 fully saturated rings. The van der Waals surface area contributed by atoms with Crippen LogP contribution in [0.15, 0.2) is 0 Å². The first-order valence-corrected chi connectivity index (χ1v) is 6.78. The highest BCUT2D eigenvalue weighted by Gasteiger charge is 2.23. The van der Waals surface area contributed by atoms with Gasteiger partial charge in [0.15, 0.2) is 0 Å². The van der Waals surface area contributed by atoms with Crippen LogP contribution in [0.5, 0.6) is 0 Å². The summed E-state index contributed by atoms with van der Waals surface area (Å²) in [5.74, 6) is 0.0874. The van der Waals surface area contributed by atoms with Crippen molar-refractivity contribution in [2.24, 2.45) is 5.41 Å². The van der Waals surface area contributed by atoms with Crippen LogP contribution in [0.3, 0.4) is 0 Å². The number of nitrogens with one attached hydrogen (secondary N) is 2. The molecule has 0 unspecified atom stereocenters. The maximum Gasteiger partial charge on any atom is 0.233 e. The second-order valence-electron chi connectivity index (χ2n) is 5.23. The van der Waals surface area contributed by atoms with Crippen LogP contribution in [-0.2, 0) is 10.0 Å². The molecule has 0 bridgehead atoms. The molecule has 0 aliphatic carbocycles. The molecule has 0 spiro atoms. The summed E-state index contributed by atoms with van der Waals surface area (Å²) in [6.45, 7) is 9.22. The lowest BCUT2D eigenvalue weighted by Gasteiger charge is -2.18. The molecule has 0 radical (unpaired) electrons. The van der Waals surface area contributed by atoms with Crippen LogP contribution in [0.25, 0.3) is 0 Å². The third-order valence-electron chi connectivity index (χ3n) is 2.01. The van der Waals surface area contributed by atoms with Crippen LogP contribution in [0.4, 0.5) is 5.69 Å².